The molecule has 0 fully saturated rings. The molecule has 8 heteroatoms. The molecule has 1 heterocycles. The lowest BCUT2D eigenvalue weighted by Crippen LogP contribution is -2.14. The summed E-state index contributed by atoms with van der Waals surface area (Å²) in [7, 11) is 1.49. The number of carbonyl (C=O) groups is 1. The molecule has 3 aromatic rings. The summed E-state index contributed by atoms with van der Waals surface area (Å²) in [6, 6.07) is 10.00. The van der Waals surface area contributed by atoms with Crippen molar-refractivity contribution >= 4 is 23.0 Å². The summed E-state index contributed by atoms with van der Waals surface area (Å²) in [5.41, 5.74) is 1.45. The van der Waals surface area contributed by atoms with Crippen LogP contribution in [-0.4, -0.2) is 18.0 Å². The van der Waals surface area contributed by atoms with E-state index in [2.05, 4.69) is 15.6 Å². The van der Waals surface area contributed by atoms with Crippen molar-refractivity contribution in [3.63, 3.8) is 0 Å². The Bertz CT molecular complexity index is 1040. The number of rotatable bonds is 5. The minimum absolute atomic E-state index is 0.0385. The molecule has 28 heavy (non-hydrogen) atoms. The van der Waals surface area contributed by atoms with Crippen molar-refractivity contribution in [2.45, 2.75) is 6.92 Å². The molecule has 0 radical (unpaired) electrons. The zero-order valence-corrected chi connectivity index (χ0v) is 15.0. The number of aryl methyl sites for hydroxylation is 1. The Morgan fingerprint density at radius 2 is 1.79 bits per heavy atom. The molecule has 5 nitrogen and oxygen atoms in total. The maximum atomic E-state index is 13.8. The average Bonchev–Trinajstić information content (AvgIpc) is 2.69. The summed E-state index contributed by atoms with van der Waals surface area (Å²) in [5, 5.41) is 5.30. The number of methoxy groups -OCH3 is 1. The fraction of sp³-hybridized carbons (Fsp3) is 0.100. The third-order valence-electron chi connectivity index (χ3n) is 3.91. The normalized spacial score (nSPS) is 10.5. The molecule has 0 aliphatic carbocycles. The topological polar surface area (TPSA) is 63.2 Å². The standard InChI is InChI=1S/C20H16F3N3O2/c1-11-3-6-17(28-2)15(9-11)26-20(27)16-10-12(7-8-24-16)25-14-5-4-13(21)18(22)19(14)23/h3-10H,1-2H3,(H,24,25)(H,26,27). The molecule has 0 atom stereocenters. The first-order valence-electron chi connectivity index (χ1n) is 8.21. The highest BCUT2D eigenvalue weighted by molar-refractivity contribution is 6.04. The van der Waals surface area contributed by atoms with E-state index in [0.717, 1.165) is 17.7 Å². The van der Waals surface area contributed by atoms with E-state index in [-0.39, 0.29) is 17.1 Å². The van der Waals surface area contributed by atoms with Crippen LogP contribution in [0.4, 0.5) is 30.2 Å². The molecule has 0 unspecified atom stereocenters. The monoisotopic (exact) mass is 387 g/mol. The molecule has 0 bridgehead atoms. The fourth-order valence-corrected chi connectivity index (χ4v) is 2.52. The van der Waals surface area contributed by atoms with Gasteiger partial charge in [-0.2, -0.15) is 0 Å². The first kappa shape index (κ1) is 19.2. The van der Waals surface area contributed by atoms with E-state index in [1.54, 1.807) is 12.1 Å². The summed E-state index contributed by atoms with van der Waals surface area (Å²) in [6.07, 6.45) is 1.34. The highest BCUT2D eigenvalue weighted by atomic mass is 19.2. The van der Waals surface area contributed by atoms with Crippen LogP contribution in [-0.2, 0) is 0 Å². The zero-order valence-electron chi connectivity index (χ0n) is 15.0. The van der Waals surface area contributed by atoms with E-state index in [4.69, 9.17) is 4.74 Å². The van der Waals surface area contributed by atoms with Gasteiger partial charge in [0.2, 0.25) is 0 Å². The van der Waals surface area contributed by atoms with Gasteiger partial charge in [-0.3, -0.25) is 9.78 Å². The molecule has 2 N–H and O–H groups in total. The summed E-state index contributed by atoms with van der Waals surface area (Å²) in [4.78, 5) is 16.5. The number of amides is 1. The van der Waals surface area contributed by atoms with Crippen LogP contribution in [0.3, 0.4) is 0 Å². The Balaban J connectivity index is 1.83. The van der Waals surface area contributed by atoms with Crippen molar-refractivity contribution in [2.24, 2.45) is 0 Å². The predicted molar refractivity (Wildman–Crippen MR) is 99.5 cm³/mol. The van der Waals surface area contributed by atoms with Gasteiger partial charge in [-0.1, -0.05) is 6.07 Å². The first-order valence-corrected chi connectivity index (χ1v) is 8.21. The molecule has 2 aromatic carbocycles. The first-order chi connectivity index (χ1) is 13.4. The molecule has 0 saturated heterocycles. The molecule has 0 aliphatic rings. The SMILES string of the molecule is COc1ccc(C)cc1NC(=O)c1cc(Nc2ccc(F)c(F)c2F)ccn1. The molecular weight excluding hydrogens is 371 g/mol. The van der Waals surface area contributed by atoms with E-state index < -0.39 is 23.4 Å². The number of hydrogen-bond acceptors (Lipinski definition) is 4. The summed E-state index contributed by atoms with van der Waals surface area (Å²) in [5.74, 6) is -4.25. The van der Waals surface area contributed by atoms with Gasteiger partial charge in [0.15, 0.2) is 17.5 Å². The second-order valence-corrected chi connectivity index (χ2v) is 5.94. The molecular formula is C20H16F3N3O2. The minimum Gasteiger partial charge on any atom is -0.495 e. The predicted octanol–water partition coefficient (Wildman–Crippen LogP) is 4.81. The van der Waals surface area contributed by atoms with E-state index in [1.807, 2.05) is 13.0 Å². The van der Waals surface area contributed by atoms with Gasteiger partial charge in [0.05, 0.1) is 18.5 Å². The number of aromatic nitrogens is 1. The van der Waals surface area contributed by atoms with Gasteiger partial charge < -0.3 is 15.4 Å². The molecule has 3 rings (SSSR count). The molecule has 0 spiro atoms. The highest BCUT2D eigenvalue weighted by Gasteiger charge is 2.15. The summed E-state index contributed by atoms with van der Waals surface area (Å²) in [6.45, 7) is 1.87. The van der Waals surface area contributed by atoms with E-state index in [1.165, 1.54) is 25.4 Å². The number of benzene rings is 2. The maximum Gasteiger partial charge on any atom is 0.274 e. The minimum atomic E-state index is -1.58. The smallest absolute Gasteiger partial charge is 0.274 e. The molecule has 1 aromatic heterocycles. The average molecular weight is 387 g/mol. The number of pyridine rings is 1. The van der Waals surface area contributed by atoms with Gasteiger partial charge >= 0.3 is 0 Å². The number of carbonyl (C=O) groups excluding carboxylic acids is 1. The van der Waals surface area contributed by atoms with Gasteiger partial charge in [-0.05, 0) is 48.9 Å². The van der Waals surface area contributed by atoms with Crippen LogP contribution in [0.5, 0.6) is 5.75 Å². The van der Waals surface area contributed by atoms with Crippen LogP contribution in [0.15, 0.2) is 48.7 Å². The lowest BCUT2D eigenvalue weighted by molar-refractivity contribution is 0.102. The van der Waals surface area contributed by atoms with Crippen LogP contribution < -0.4 is 15.4 Å². The Kier molecular flexibility index (Phi) is 5.49. The lowest BCUT2D eigenvalue weighted by Gasteiger charge is -2.12. The third kappa shape index (κ3) is 4.06. The van der Waals surface area contributed by atoms with Crippen molar-refractivity contribution in [3.05, 3.63) is 77.4 Å². The number of ether oxygens (including phenoxy) is 1. The zero-order chi connectivity index (χ0) is 20.3. The number of halogens is 3. The maximum absolute atomic E-state index is 13.8. The van der Waals surface area contributed by atoms with Gasteiger partial charge in [0.25, 0.3) is 5.91 Å². The second kappa shape index (κ2) is 7.99. The molecule has 0 saturated carbocycles. The van der Waals surface area contributed by atoms with Gasteiger partial charge in [0, 0.05) is 11.9 Å². The van der Waals surface area contributed by atoms with Crippen LogP contribution in [0.25, 0.3) is 0 Å². The highest BCUT2D eigenvalue weighted by Crippen LogP contribution is 2.27. The van der Waals surface area contributed by atoms with Crippen molar-refractivity contribution < 1.29 is 22.7 Å². The van der Waals surface area contributed by atoms with Crippen LogP contribution in [0, 0.1) is 24.4 Å². The van der Waals surface area contributed by atoms with Crippen LogP contribution in [0.1, 0.15) is 16.1 Å². The Morgan fingerprint density at radius 3 is 2.54 bits per heavy atom. The van der Waals surface area contributed by atoms with Gasteiger partial charge in [0.1, 0.15) is 11.4 Å². The van der Waals surface area contributed by atoms with Crippen molar-refractivity contribution in [3.8, 4) is 5.75 Å². The summed E-state index contributed by atoms with van der Waals surface area (Å²) >= 11 is 0. The Morgan fingerprint density at radius 1 is 1.00 bits per heavy atom. The van der Waals surface area contributed by atoms with E-state index in [9.17, 15) is 18.0 Å². The summed E-state index contributed by atoms with van der Waals surface area (Å²) < 4.78 is 45.5. The van der Waals surface area contributed by atoms with Gasteiger partial charge in [-0.15, -0.1) is 0 Å². The van der Waals surface area contributed by atoms with Crippen molar-refractivity contribution in [1.29, 1.82) is 0 Å². The van der Waals surface area contributed by atoms with E-state index >= 15 is 0 Å². The van der Waals surface area contributed by atoms with Crippen molar-refractivity contribution in [1.82, 2.24) is 4.98 Å². The van der Waals surface area contributed by atoms with Crippen molar-refractivity contribution in [2.75, 3.05) is 17.7 Å². The van der Waals surface area contributed by atoms with Crippen LogP contribution >= 0.6 is 0 Å². The third-order valence-corrected chi connectivity index (χ3v) is 3.91. The number of nitrogens with zero attached hydrogens (tertiary/aromatic N) is 1. The number of hydrogen-bond donors (Lipinski definition) is 2. The molecule has 144 valence electrons. The Labute approximate surface area is 159 Å². The lowest BCUT2D eigenvalue weighted by atomic mass is 10.2. The number of anilines is 3. The largest absolute Gasteiger partial charge is 0.495 e. The van der Waals surface area contributed by atoms with Crippen LogP contribution in [0.2, 0.25) is 0 Å². The number of nitrogens with one attached hydrogen (secondary N) is 2. The Hall–Kier alpha value is -3.55. The van der Waals surface area contributed by atoms with Gasteiger partial charge in [-0.25, -0.2) is 13.2 Å². The quantitative estimate of drug-likeness (QED) is 0.617. The fourth-order valence-electron chi connectivity index (χ4n) is 2.52. The molecule has 1 amide bonds. The van der Waals surface area contributed by atoms with E-state index in [0.29, 0.717) is 11.4 Å². The second-order valence-electron chi connectivity index (χ2n) is 5.94. The molecule has 0 aliphatic heterocycles.